The second-order valence-corrected chi connectivity index (χ2v) is 3.97. The van der Waals surface area contributed by atoms with Gasteiger partial charge in [-0.3, -0.25) is 9.59 Å². The third-order valence-corrected chi connectivity index (χ3v) is 2.75. The van der Waals surface area contributed by atoms with Gasteiger partial charge in [0, 0.05) is 11.1 Å². The zero-order valence-electron chi connectivity index (χ0n) is 10.2. The van der Waals surface area contributed by atoms with Crippen molar-refractivity contribution in [2.45, 2.75) is 13.8 Å². The fourth-order valence-corrected chi connectivity index (χ4v) is 1.88. The molecular formula is C14H13NO3. The number of allylic oxidation sites excluding steroid dienone is 1. The average Bonchev–Trinajstić information content (AvgIpc) is 2.34. The van der Waals surface area contributed by atoms with Crippen LogP contribution in [0.2, 0.25) is 0 Å². The molecule has 0 saturated heterocycles. The minimum atomic E-state index is -0.734. The molecule has 1 heterocycles. The minimum absolute atomic E-state index is 0.0792. The van der Waals surface area contributed by atoms with Gasteiger partial charge in [0.25, 0.3) is 5.91 Å². The van der Waals surface area contributed by atoms with Crippen molar-refractivity contribution in [1.29, 1.82) is 0 Å². The zero-order valence-corrected chi connectivity index (χ0v) is 10.2. The molecule has 0 radical (unpaired) electrons. The summed E-state index contributed by atoms with van der Waals surface area (Å²) in [6.45, 7) is 3.40. The molecule has 0 bridgehead atoms. The molecule has 1 amide bonds. The van der Waals surface area contributed by atoms with Crippen molar-refractivity contribution in [1.82, 2.24) is 0 Å². The van der Waals surface area contributed by atoms with Gasteiger partial charge in [0.15, 0.2) is 11.2 Å². The van der Waals surface area contributed by atoms with E-state index in [-0.39, 0.29) is 16.8 Å². The molecule has 2 aromatic rings. The van der Waals surface area contributed by atoms with E-state index in [2.05, 4.69) is 0 Å². The number of fused-ring (bicyclic) bond motifs is 1. The zero-order chi connectivity index (χ0) is 13.3. The maximum atomic E-state index is 12.1. The first-order valence-electron chi connectivity index (χ1n) is 5.55. The first-order valence-corrected chi connectivity index (χ1v) is 5.55. The van der Waals surface area contributed by atoms with Crippen molar-refractivity contribution in [2.75, 3.05) is 0 Å². The van der Waals surface area contributed by atoms with E-state index in [1.54, 1.807) is 12.1 Å². The molecule has 0 aliphatic carbocycles. The van der Waals surface area contributed by atoms with Crippen LogP contribution in [0.3, 0.4) is 0 Å². The molecule has 1 aromatic carbocycles. The molecule has 0 fully saturated rings. The van der Waals surface area contributed by atoms with E-state index in [0.717, 1.165) is 5.56 Å². The van der Waals surface area contributed by atoms with Crippen molar-refractivity contribution in [2.24, 2.45) is 5.73 Å². The smallest absolute Gasteiger partial charge is 0.284 e. The standard InChI is InChI=1S/C14H13NO3/c1-3-5-9-6-4-7-10-11(16)8(2)12(14(15)17)18-13(9)10/h3-7H,1-2H3,(H2,15,17). The highest BCUT2D eigenvalue weighted by molar-refractivity contribution is 5.94. The Bertz CT molecular complexity index is 711. The molecule has 0 aliphatic rings. The predicted octanol–water partition coefficient (Wildman–Crippen LogP) is 2.23. The number of rotatable bonds is 2. The highest BCUT2D eigenvalue weighted by Gasteiger charge is 2.15. The molecule has 0 unspecified atom stereocenters. The van der Waals surface area contributed by atoms with Gasteiger partial charge in [0.2, 0.25) is 0 Å². The van der Waals surface area contributed by atoms with Crippen molar-refractivity contribution < 1.29 is 9.21 Å². The summed E-state index contributed by atoms with van der Waals surface area (Å²) in [5.74, 6) is -0.814. The fraction of sp³-hybridized carbons (Fsp3) is 0.143. The normalized spacial score (nSPS) is 11.2. The van der Waals surface area contributed by atoms with Crippen LogP contribution >= 0.6 is 0 Å². The minimum Gasteiger partial charge on any atom is -0.450 e. The number of nitrogens with two attached hydrogens (primary N) is 1. The van der Waals surface area contributed by atoms with Gasteiger partial charge in [-0.1, -0.05) is 24.3 Å². The topological polar surface area (TPSA) is 73.3 Å². The first kappa shape index (κ1) is 12.1. The summed E-state index contributed by atoms with van der Waals surface area (Å²) in [6, 6.07) is 5.26. The van der Waals surface area contributed by atoms with Crippen LogP contribution < -0.4 is 11.2 Å². The van der Waals surface area contributed by atoms with Gasteiger partial charge in [0.05, 0.1) is 5.39 Å². The lowest BCUT2D eigenvalue weighted by Gasteiger charge is -2.05. The van der Waals surface area contributed by atoms with Gasteiger partial charge in [-0.05, 0) is 19.9 Å². The van der Waals surface area contributed by atoms with Crippen LogP contribution in [0, 0.1) is 6.92 Å². The van der Waals surface area contributed by atoms with E-state index >= 15 is 0 Å². The van der Waals surface area contributed by atoms with E-state index in [4.69, 9.17) is 10.2 Å². The van der Waals surface area contributed by atoms with Gasteiger partial charge in [-0.2, -0.15) is 0 Å². The van der Waals surface area contributed by atoms with Crippen molar-refractivity contribution in [3.63, 3.8) is 0 Å². The summed E-state index contributed by atoms with van der Waals surface area (Å²) in [5.41, 5.74) is 6.36. The Balaban J connectivity index is 2.96. The monoisotopic (exact) mass is 243 g/mol. The number of carbonyl (C=O) groups is 1. The maximum Gasteiger partial charge on any atom is 0.284 e. The van der Waals surface area contributed by atoms with Crippen molar-refractivity contribution in [3.05, 3.63) is 51.4 Å². The van der Waals surface area contributed by atoms with E-state index in [9.17, 15) is 9.59 Å². The third-order valence-electron chi connectivity index (χ3n) is 2.75. The number of primary amides is 1. The number of benzene rings is 1. The quantitative estimate of drug-likeness (QED) is 0.878. The van der Waals surface area contributed by atoms with Crippen molar-refractivity contribution >= 4 is 23.0 Å². The van der Waals surface area contributed by atoms with Crippen LogP contribution in [0.25, 0.3) is 17.0 Å². The van der Waals surface area contributed by atoms with Gasteiger partial charge in [-0.25, -0.2) is 0 Å². The largest absolute Gasteiger partial charge is 0.450 e. The highest BCUT2D eigenvalue weighted by atomic mass is 16.3. The highest BCUT2D eigenvalue weighted by Crippen LogP contribution is 2.20. The Labute approximate surface area is 104 Å². The molecular weight excluding hydrogens is 230 g/mol. The van der Waals surface area contributed by atoms with Crippen LogP contribution in [0.15, 0.2) is 33.5 Å². The van der Waals surface area contributed by atoms with Crippen molar-refractivity contribution in [3.8, 4) is 0 Å². The van der Waals surface area contributed by atoms with Crippen LogP contribution in [0.5, 0.6) is 0 Å². The van der Waals surface area contributed by atoms with E-state index in [0.29, 0.717) is 11.0 Å². The summed E-state index contributed by atoms with van der Waals surface area (Å²) < 4.78 is 5.49. The SMILES string of the molecule is CC=Cc1cccc2c(=O)c(C)c(C(N)=O)oc12. The number of carbonyl (C=O) groups excluding carboxylic acids is 1. The molecule has 2 rings (SSSR count). The first-order chi connectivity index (χ1) is 8.56. The Hall–Kier alpha value is -2.36. The van der Waals surface area contributed by atoms with Crippen LogP contribution in [0.1, 0.15) is 28.6 Å². The molecule has 2 N–H and O–H groups in total. The van der Waals surface area contributed by atoms with E-state index in [1.807, 2.05) is 25.1 Å². The molecule has 1 aromatic heterocycles. The van der Waals surface area contributed by atoms with E-state index in [1.165, 1.54) is 6.92 Å². The third kappa shape index (κ3) is 1.82. The van der Waals surface area contributed by atoms with E-state index < -0.39 is 5.91 Å². The Morgan fingerprint density at radius 1 is 1.39 bits per heavy atom. The molecule has 92 valence electrons. The Morgan fingerprint density at radius 2 is 2.11 bits per heavy atom. The van der Waals surface area contributed by atoms with Crippen LogP contribution in [0.4, 0.5) is 0 Å². The van der Waals surface area contributed by atoms with Gasteiger partial charge in [0.1, 0.15) is 5.58 Å². The second-order valence-electron chi connectivity index (χ2n) is 3.97. The molecule has 0 atom stereocenters. The van der Waals surface area contributed by atoms with Gasteiger partial charge in [-0.15, -0.1) is 0 Å². The molecule has 4 nitrogen and oxygen atoms in total. The summed E-state index contributed by atoms with van der Waals surface area (Å²) in [6.07, 6.45) is 3.64. The lowest BCUT2D eigenvalue weighted by atomic mass is 10.1. The molecule has 18 heavy (non-hydrogen) atoms. The Morgan fingerprint density at radius 3 is 2.72 bits per heavy atom. The number of hydrogen-bond donors (Lipinski definition) is 1. The van der Waals surface area contributed by atoms with Gasteiger partial charge >= 0.3 is 0 Å². The lowest BCUT2D eigenvalue weighted by molar-refractivity contribution is 0.0973. The number of hydrogen-bond acceptors (Lipinski definition) is 3. The lowest BCUT2D eigenvalue weighted by Crippen LogP contribution is -2.18. The molecule has 4 heteroatoms. The predicted molar refractivity (Wildman–Crippen MR) is 70.4 cm³/mol. The Kier molecular flexibility index (Phi) is 3.02. The van der Waals surface area contributed by atoms with Crippen LogP contribution in [-0.2, 0) is 0 Å². The molecule has 0 spiro atoms. The van der Waals surface area contributed by atoms with Gasteiger partial charge < -0.3 is 10.2 Å². The average molecular weight is 243 g/mol. The summed E-state index contributed by atoms with van der Waals surface area (Å²) in [5, 5.41) is 0.452. The summed E-state index contributed by atoms with van der Waals surface area (Å²) >= 11 is 0. The summed E-state index contributed by atoms with van der Waals surface area (Å²) in [4.78, 5) is 23.4. The number of para-hydroxylation sites is 1. The maximum absolute atomic E-state index is 12.1. The fourth-order valence-electron chi connectivity index (χ4n) is 1.88. The molecule has 0 saturated carbocycles. The number of amides is 1. The molecule has 0 aliphatic heterocycles. The second kappa shape index (κ2) is 4.49. The van der Waals surface area contributed by atoms with Crippen LogP contribution in [-0.4, -0.2) is 5.91 Å². The summed E-state index contributed by atoms with van der Waals surface area (Å²) in [7, 11) is 0.